The van der Waals surface area contributed by atoms with Gasteiger partial charge < -0.3 is 16.4 Å². The van der Waals surface area contributed by atoms with Crippen molar-refractivity contribution in [3.8, 4) is 0 Å². The quantitative estimate of drug-likeness (QED) is 0.791. The van der Waals surface area contributed by atoms with Crippen LogP contribution in [0.15, 0.2) is 18.2 Å². The maximum Gasteiger partial charge on any atom is 0.264 e. The second kappa shape index (κ2) is 5.37. The molecular weight excluding hydrogens is 286 g/mol. The molecule has 0 spiro atoms. The number of thiophene rings is 1. The van der Waals surface area contributed by atoms with Gasteiger partial charge in [-0.3, -0.25) is 9.59 Å². The summed E-state index contributed by atoms with van der Waals surface area (Å²) in [6.07, 6.45) is 1.54. The molecule has 2 heterocycles. The molecule has 2 amide bonds. The zero-order chi connectivity index (χ0) is 15.0. The summed E-state index contributed by atoms with van der Waals surface area (Å²) < 4.78 is 0.983. The Morgan fingerprint density at radius 2 is 2.29 bits per heavy atom. The third kappa shape index (κ3) is 2.58. The van der Waals surface area contributed by atoms with E-state index < -0.39 is 6.04 Å². The molecule has 21 heavy (non-hydrogen) atoms. The number of hydrogen-bond donors (Lipinski definition) is 3. The van der Waals surface area contributed by atoms with E-state index >= 15 is 0 Å². The Hall–Kier alpha value is -2.08. The average molecular weight is 303 g/mol. The molecule has 5 nitrogen and oxygen atoms in total. The molecule has 0 saturated carbocycles. The highest BCUT2D eigenvalue weighted by Gasteiger charge is 2.26. The largest absolute Gasteiger partial charge is 0.397 e. The SMILES string of the molecule is Cc1ccc2sc(C(=O)NC3CCCNC3=O)c(N)c2c1. The number of carbonyl (C=O) groups is 2. The minimum atomic E-state index is -0.461. The van der Waals surface area contributed by atoms with Crippen LogP contribution in [0.4, 0.5) is 5.69 Å². The zero-order valence-corrected chi connectivity index (χ0v) is 12.5. The van der Waals surface area contributed by atoms with Gasteiger partial charge in [0.15, 0.2) is 0 Å². The van der Waals surface area contributed by atoms with Crippen molar-refractivity contribution in [3.63, 3.8) is 0 Å². The molecule has 1 atom stereocenters. The second-order valence-electron chi connectivity index (χ2n) is 5.30. The average Bonchev–Trinajstić information content (AvgIpc) is 2.79. The van der Waals surface area contributed by atoms with Gasteiger partial charge in [-0.1, -0.05) is 11.6 Å². The second-order valence-corrected chi connectivity index (χ2v) is 6.36. The summed E-state index contributed by atoms with van der Waals surface area (Å²) in [6, 6.07) is 5.48. The van der Waals surface area contributed by atoms with E-state index in [0.717, 1.165) is 22.1 Å². The van der Waals surface area contributed by atoms with Crippen molar-refractivity contribution in [3.05, 3.63) is 28.6 Å². The van der Waals surface area contributed by atoms with Gasteiger partial charge in [-0.25, -0.2) is 0 Å². The van der Waals surface area contributed by atoms with Crippen LogP contribution in [0.2, 0.25) is 0 Å². The van der Waals surface area contributed by atoms with Crippen molar-refractivity contribution in [2.24, 2.45) is 0 Å². The summed E-state index contributed by atoms with van der Waals surface area (Å²) in [7, 11) is 0. The fourth-order valence-corrected chi connectivity index (χ4v) is 3.54. The predicted molar refractivity (Wildman–Crippen MR) is 84.5 cm³/mol. The number of piperidine rings is 1. The number of nitrogen functional groups attached to an aromatic ring is 1. The Morgan fingerprint density at radius 1 is 1.48 bits per heavy atom. The Bertz CT molecular complexity index is 723. The number of fused-ring (bicyclic) bond motifs is 1. The summed E-state index contributed by atoms with van der Waals surface area (Å²) in [5.74, 6) is -0.390. The Morgan fingerprint density at radius 3 is 3.05 bits per heavy atom. The number of anilines is 1. The van der Waals surface area contributed by atoms with Crippen molar-refractivity contribution < 1.29 is 9.59 Å². The molecule has 6 heteroatoms. The molecule has 0 radical (unpaired) electrons. The molecule has 0 aliphatic carbocycles. The van der Waals surface area contributed by atoms with Gasteiger partial charge >= 0.3 is 0 Å². The van der Waals surface area contributed by atoms with Crippen molar-refractivity contribution in [1.82, 2.24) is 10.6 Å². The maximum atomic E-state index is 12.4. The number of aryl methyl sites for hydroxylation is 1. The first-order chi connectivity index (χ1) is 10.1. The van der Waals surface area contributed by atoms with Crippen LogP contribution in [0.25, 0.3) is 10.1 Å². The van der Waals surface area contributed by atoms with Crippen LogP contribution in [0, 0.1) is 6.92 Å². The molecule has 1 aromatic heterocycles. The molecule has 3 rings (SSSR count). The van der Waals surface area contributed by atoms with Crippen LogP contribution in [0.5, 0.6) is 0 Å². The molecule has 110 valence electrons. The Kier molecular flexibility index (Phi) is 3.55. The van der Waals surface area contributed by atoms with E-state index in [9.17, 15) is 9.59 Å². The van der Waals surface area contributed by atoms with E-state index in [0.29, 0.717) is 23.5 Å². The number of amides is 2. The van der Waals surface area contributed by atoms with Crippen LogP contribution >= 0.6 is 11.3 Å². The smallest absolute Gasteiger partial charge is 0.264 e. The molecule has 1 aliphatic heterocycles. The minimum Gasteiger partial charge on any atom is -0.397 e. The van der Waals surface area contributed by atoms with Gasteiger partial charge in [0.25, 0.3) is 5.91 Å². The van der Waals surface area contributed by atoms with Gasteiger partial charge in [0, 0.05) is 16.6 Å². The van der Waals surface area contributed by atoms with Crippen molar-refractivity contribution in [2.45, 2.75) is 25.8 Å². The van der Waals surface area contributed by atoms with E-state index in [1.54, 1.807) is 0 Å². The first-order valence-electron chi connectivity index (χ1n) is 6.93. The van der Waals surface area contributed by atoms with E-state index in [1.165, 1.54) is 11.3 Å². The lowest BCUT2D eigenvalue weighted by Crippen LogP contribution is -2.50. The highest BCUT2D eigenvalue weighted by molar-refractivity contribution is 7.21. The standard InChI is InChI=1S/C15H17N3O2S/c1-8-4-5-11-9(7-8)12(16)13(21-11)15(20)18-10-3-2-6-17-14(10)19/h4-5,7,10H,2-3,6,16H2,1H3,(H,17,19)(H,18,20). The highest BCUT2D eigenvalue weighted by atomic mass is 32.1. The predicted octanol–water partition coefficient (Wildman–Crippen LogP) is 1.80. The van der Waals surface area contributed by atoms with Gasteiger partial charge in [0.05, 0.1) is 5.69 Å². The van der Waals surface area contributed by atoms with Crippen LogP contribution in [-0.2, 0) is 4.79 Å². The zero-order valence-electron chi connectivity index (χ0n) is 11.7. The molecule has 1 saturated heterocycles. The molecule has 0 bridgehead atoms. The fourth-order valence-electron chi connectivity index (χ4n) is 2.53. The maximum absolute atomic E-state index is 12.4. The molecule has 4 N–H and O–H groups in total. The molecule has 2 aromatic rings. The van der Waals surface area contributed by atoms with Gasteiger partial charge in [0.2, 0.25) is 5.91 Å². The molecular formula is C15H17N3O2S. The third-order valence-corrected chi connectivity index (χ3v) is 4.86. The van der Waals surface area contributed by atoms with Crippen LogP contribution < -0.4 is 16.4 Å². The molecule has 1 fully saturated rings. The molecule has 1 aromatic carbocycles. The first-order valence-corrected chi connectivity index (χ1v) is 7.75. The van der Waals surface area contributed by atoms with E-state index in [-0.39, 0.29) is 11.8 Å². The lowest BCUT2D eigenvalue weighted by Gasteiger charge is -2.22. The number of hydrogen-bond acceptors (Lipinski definition) is 4. The van der Waals surface area contributed by atoms with E-state index in [2.05, 4.69) is 10.6 Å². The fraction of sp³-hybridized carbons (Fsp3) is 0.333. The Labute approximate surface area is 126 Å². The van der Waals surface area contributed by atoms with Gasteiger partial charge in [0.1, 0.15) is 10.9 Å². The minimum absolute atomic E-state index is 0.120. The lowest BCUT2D eigenvalue weighted by atomic mass is 10.1. The van der Waals surface area contributed by atoms with Crippen molar-refractivity contribution >= 4 is 38.9 Å². The van der Waals surface area contributed by atoms with Crippen molar-refractivity contribution in [1.29, 1.82) is 0 Å². The summed E-state index contributed by atoms with van der Waals surface area (Å²) in [5, 5.41) is 6.44. The van der Waals surface area contributed by atoms with E-state index in [4.69, 9.17) is 5.73 Å². The lowest BCUT2D eigenvalue weighted by molar-refractivity contribution is -0.124. The summed E-state index contributed by atoms with van der Waals surface area (Å²) in [5.41, 5.74) is 7.69. The monoisotopic (exact) mass is 303 g/mol. The summed E-state index contributed by atoms with van der Waals surface area (Å²) in [4.78, 5) is 24.6. The number of nitrogens with two attached hydrogens (primary N) is 1. The van der Waals surface area contributed by atoms with Gasteiger partial charge in [-0.05, 0) is 31.9 Å². The normalized spacial score (nSPS) is 18.5. The summed E-state index contributed by atoms with van der Waals surface area (Å²) >= 11 is 1.36. The van der Waals surface area contributed by atoms with Gasteiger partial charge in [-0.15, -0.1) is 11.3 Å². The van der Waals surface area contributed by atoms with Gasteiger partial charge in [-0.2, -0.15) is 0 Å². The number of nitrogens with one attached hydrogen (secondary N) is 2. The Balaban J connectivity index is 1.87. The van der Waals surface area contributed by atoms with Crippen LogP contribution in [-0.4, -0.2) is 24.4 Å². The van der Waals surface area contributed by atoms with E-state index in [1.807, 2.05) is 25.1 Å². The van der Waals surface area contributed by atoms with Crippen LogP contribution in [0.1, 0.15) is 28.1 Å². The first kappa shape index (κ1) is 13.9. The highest BCUT2D eigenvalue weighted by Crippen LogP contribution is 2.34. The number of carbonyl (C=O) groups excluding carboxylic acids is 2. The number of benzene rings is 1. The van der Waals surface area contributed by atoms with Crippen LogP contribution in [0.3, 0.4) is 0 Å². The van der Waals surface area contributed by atoms with Crippen molar-refractivity contribution in [2.75, 3.05) is 12.3 Å². The summed E-state index contributed by atoms with van der Waals surface area (Å²) in [6.45, 7) is 2.66. The topological polar surface area (TPSA) is 84.2 Å². The molecule has 1 unspecified atom stereocenters. The third-order valence-electron chi connectivity index (χ3n) is 3.68. The molecule has 1 aliphatic rings. The number of rotatable bonds is 2.